The molecule has 0 radical (unpaired) electrons. The molecular formula is C17H15NO6. The summed E-state index contributed by atoms with van der Waals surface area (Å²) in [6.07, 6.45) is 2.88. The number of aliphatic hydroxyl groups is 1. The summed E-state index contributed by atoms with van der Waals surface area (Å²) in [5.74, 6) is -2.74. The van der Waals surface area contributed by atoms with Crippen LogP contribution in [-0.4, -0.2) is 48.3 Å². The predicted molar refractivity (Wildman–Crippen MR) is 81.1 cm³/mol. The van der Waals surface area contributed by atoms with E-state index in [0.717, 1.165) is 4.90 Å². The van der Waals surface area contributed by atoms with Crippen LogP contribution in [0, 0.1) is 11.8 Å². The Morgan fingerprint density at radius 1 is 1.38 bits per heavy atom. The molecule has 7 nitrogen and oxygen atoms in total. The Morgan fingerprint density at radius 3 is 2.88 bits per heavy atom. The lowest BCUT2D eigenvalue weighted by atomic mass is 9.77. The minimum Gasteiger partial charge on any atom is -0.465 e. The summed E-state index contributed by atoms with van der Waals surface area (Å²) in [6, 6.07) is 6.17. The van der Waals surface area contributed by atoms with Gasteiger partial charge in [0.2, 0.25) is 11.8 Å². The van der Waals surface area contributed by atoms with Gasteiger partial charge in [0.15, 0.2) is 0 Å². The number of fused-ring (bicyclic) bond motifs is 5. The van der Waals surface area contributed by atoms with Gasteiger partial charge in [0.05, 0.1) is 42.9 Å². The number of hydrogen-bond donors (Lipinski definition) is 1. The summed E-state index contributed by atoms with van der Waals surface area (Å²) in [5, 5.41) is 9.68. The van der Waals surface area contributed by atoms with Crippen molar-refractivity contribution in [3.8, 4) is 0 Å². The lowest BCUT2D eigenvalue weighted by molar-refractivity contribution is -0.128. The van der Waals surface area contributed by atoms with Crippen LogP contribution in [0.3, 0.4) is 0 Å². The molecule has 3 aliphatic heterocycles. The van der Waals surface area contributed by atoms with Crippen LogP contribution in [-0.2, 0) is 19.1 Å². The van der Waals surface area contributed by atoms with E-state index in [1.54, 1.807) is 30.4 Å². The molecule has 1 aromatic rings. The molecule has 4 rings (SSSR count). The van der Waals surface area contributed by atoms with Crippen LogP contribution in [0.25, 0.3) is 0 Å². The number of carbonyl (C=O) groups is 3. The Balaban J connectivity index is 1.73. The van der Waals surface area contributed by atoms with Gasteiger partial charge in [-0.2, -0.15) is 0 Å². The van der Waals surface area contributed by atoms with E-state index in [0.29, 0.717) is 5.69 Å². The predicted octanol–water partition coefficient (Wildman–Crippen LogP) is 0.278. The lowest BCUT2D eigenvalue weighted by Crippen LogP contribution is -2.43. The number of benzene rings is 1. The molecule has 0 unspecified atom stereocenters. The second-order valence-corrected chi connectivity index (χ2v) is 6.11. The molecule has 1 N–H and O–H groups in total. The van der Waals surface area contributed by atoms with Crippen molar-refractivity contribution in [3.63, 3.8) is 0 Å². The van der Waals surface area contributed by atoms with E-state index < -0.39 is 35.4 Å². The van der Waals surface area contributed by atoms with E-state index >= 15 is 0 Å². The molecule has 0 saturated carbocycles. The van der Waals surface area contributed by atoms with Crippen molar-refractivity contribution in [1.29, 1.82) is 0 Å². The maximum Gasteiger partial charge on any atom is 0.337 e. The second-order valence-electron chi connectivity index (χ2n) is 6.11. The molecular weight excluding hydrogens is 314 g/mol. The van der Waals surface area contributed by atoms with Crippen molar-refractivity contribution < 1.29 is 29.0 Å². The molecule has 7 heteroatoms. The Kier molecular flexibility index (Phi) is 3.13. The minimum atomic E-state index is -1.13. The van der Waals surface area contributed by atoms with E-state index in [4.69, 9.17) is 4.74 Å². The number of amides is 2. The highest BCUT2D eigenvalue weighted by Crippen LogP contribution is 2.52. The van der Waals surface area contributed by atoms with Crippen LogP contribution in [0.15, 0.2) is 36.4 Å². The van der Waals surface area contributed by atoms with Crippen LogP contribution in [0.2, 0.25) is 0 Å². The third-order valence-corrected chi connectivity index (χ3v) is 4.93. The number of imide groups is 1. The molecule has 4 atom stereocenters. The normalized spacial score (nSPS) is 33.2. The average Bonchev–Trinajstić information content (AvgIpc) is 3.25. The van der Waals surface area contributed by atoms with Gasteiger partial charge in [0.1, 0.15) is 5.60 Å². The minimum absolute atomic E-state index is 0.252. The smallest absolute Gasteiger partial charge is 0.337 e. The van der Waals surface area contributed by atoms with Crippen LogP contribution in [0.4, 0.5) is 5.69 Å². The quantitative estimate of drug-likeness (QED) is 0.486. The standard InChI is InChI=1S/C17H15NO6/c1-23-16(22)9-3-2-4-10(7-9)18-14(20)12-11-5-6-17(8-19,24-11)13(12)15(18)21/h2-7,11-13,19H,8H2,1H3/t11-,12-,13+,17-/m1/s1. The van der Waals surface area contributed by atoms with Crippen molar-refractivity contribution in [1.82, 2.24) is 0 Å². The highest BCUT2D eigenvalue weighted by molar-refractivity contribution is 6.23. The van der Waals surface area contributed by atoms with Gasteiger partial charge in [-0.1, -0.05) is 18.2 Å². The SMILES string of the molecule is COC(=O)c1cccc(N2C(=O)[C@H]3[C@@H](C2=O)[C@]2(CO)C=C[C@H]3O2)c1. The van der Waals surface area contributed by atoms with E-state index in [9.17, 15) is 19.5 Å². The lowest BCUT2D eigenvalue weighted by Gasteiger charge is -2.26. The van der Waals surface area contributed by atoms with Gasteiger partial charge < -0.3 is 14.6 Å². The van der Waals surface area contributed by atoms with Gasteiger partial charge in [-0.3, -0.25) is 9.59 Å². The van der Waals surface area contributed by atoms with E-state index in [1.807, 2.05) is 0 Å². The summed E-state index contributed by atoms with van der Waals surface area (Å²) >= 11 is 0. The fourth-order valence-corrected chi connectivity index (χ4v) is 3.83. The summed E-state index contributed by atoms with van der Waals surface area (Å²) in [6.45, 7) is -0.365. The first kappa shape index (κ1) is 15.0. The van der Waals surface area contributed by atoms with Gasteiger partial charge in [-0.05, 0) is 18.2 Å². The summed E-state index contributed by atoms with van der Waals surface area (Å²) in [7, 11) is 1.26. The largest absolute Gasteiger partial charge is 0.465 e. The molecule has 2 bridgehead atoms. The molecule has 3 aliphatic rings. The third-order valence-electron chi connectivity index (χ3n) is 4.93. The number of carbonyl (C=O) groups excluding carboxylic acids is 3. The van der Waals surface area contributed by atoms with Crippen molar-refractivity contribution in [3.05, 3.63) is 42.0 Å². The Hall–Kier alpha value is -2.51. The van der Waals surface area contributed by atoms with E-state index in [1.165, 1.54) is 13.2 Å². The highest BCUT2D eigenvalue weighted by Gasteiger charge is 2.67. The average molecular weight is 329 g/mol. The van der Waals surface area contributed by atoms with Crippen LogP contribution in [0.1, 0.15) is 10.4 Å². The first-order chi connectivity index (χ1) is 11.5. The summed E-state index contributed by atoms with van der Waals surface area (Å²) in [4.78, 5) is 38.4. The van der Waals surface area contributed by atoms with E-state index in [-0.39, 0.29) is 18.1 Å². The Labute approximate surface area is 137 Å². The number of aliphatic hydroxyl groups excluding tert-OH is 1. The molecule has 0 aliphatic carbocycles. The summed E-state index contributed by atoms with van der Waals surface area (Å²) in [5.41, 5.74) is -0.562. The van der Waals surface area contributed by atoms with Gasteiger partial charge in [-0.15, -0.1) is 0 Å². The Bertz CT molecular complexity index is 787. The number of nitrogens with zero attached hydrogens (tertiary/aromatic N) is 1. The topological polar surface area (TPSA) is 93.1 Å². The molecule has 0 aromatic heterocycles. The number of methoxy groups -OCH3 is 1. The highest BCUT2D eigenvalue weighted by atomic mass is 16.5. The van der Waals surface area contributed by atoms with Gasteiger partial charge in [0, 0.05) is 0 Å². The van der Waals surface area contributed by atoms with Gasteiger partial charge >= 0.3 is 5.97 Å². The molecule has 3 heterocycles. The second kappa shape index (κ2) is 4.99. The third kappa shape index (κ3) is 1.76. The van der Waals surface area contributed by atoms with Crippen molar-refractivity contribution in [2.45, 2.75) is 11.7 Å². The number of anilines is 1. The van der Waals surface area contributed by atoms with Gasteiger partial charge in [-0.25, -0.2) is 9.69 Å². The molecule has 2 fully saturated rings. The van der Waals surface area contributed by atoms with Crippen molar-refractivity contribution in [2.75, 3.05) is 18.6 Å². The van der Waals surface area contributed by atoms with Crippen LogP contribution >= 0.6 is 0 Å². The molecule has 124 valence electrons. The van der Waals surface area contributed by atoms with Crippen LogP contribution in [0.5, 0.6) is 0 Å². The zero-order valence-corrected chi connectivity index (χ0v) is 12.8. The summed E-state index contributed by atoms with van der Waals surface area (Å²) < 4.78 is 10.3. The molecule has 2 amide bonds. The zero-order chi connectivity index (χ0) is 17.1. The molecule has 24 heavy (non-hydrogen) atoms. The van der Waals surface area contributed by atoms with E-state index in [2.05, 4.69) is 4.74 Å². The monoisotopic (exact) mass is 329 g/mol. The maximum atomic E-state index is 12.9. The van der Waals surface area contributed by atoms with Crippen molar-refractivity contribution >= 4 is 23.5 Å². The molecule has 1 aromatic carbocycles. The maximum absolute atomic E-state index is 12.9. The van der Waals surface area contributed by atoms with Gasteiger partial charge in [0.25, 0.3) is 0 Å². The number of esters is 1. The molecule has 0 spiro atoms. The number of ether oxygens (including phenoxy) is 2. The first-order valence-electron chi connectivity index (χ1n) is 7.56. The fourth-order valence-electron chi connectivity index (χ4n) is 3.83. The zero-order valence-electron chi connectivity index (χ0n) is 12.8. The number of hydrogen-bond acceptors (Lipinski definition) is 6. The fraction of sp³-hybridized carbons (Fsp3) is 0.353. The number of rotatable bonds is 3. The van der Waals surface area contributed by atoms with Crippen LogP contribution < -0.4 is 4.90 Å². The first-order valence-corrected chi connectivity index (χ1v) is 7.56. The molecule has 2 saturated heterocycles. The van der Waals surface area contributed by atoms with Crippen molar-refractivity contribution in [2.24, 2.45) is 11.8 Å². The Morgan fingerprint density at radius 2 is 2.17 bits per heavy atom.